The first-order valence-corrected chi connectivity index (χ1v) is 13.0. The van der Waals surface area contributed by atoms with Crippen molar-refractivity contribution in [2.45, 2.75) is 62.6 Å². The Morgan fingerprint density at radius 2 is 1.79 bits per heavy atom. The fourth-order valence-electron chi connectivity index (χ4n) is 5.04. The van der Waals surface area contributed by atoms with Crippen molar-refractivity contribution in [2.24, 2.45) is 0 Å². The van der Waals surface area contributed by atoms with Gasteiger partial charge in [0.05, 0.1) is 34.2 Å². The third-order valence-electron chi connectivity index (χ3n) is 7.22. The lowest BCUT2D eigenvalue weighted by atomic mass is 9.87. The Kier molecular flexibility index (Phi) is 6.17. The Hall–Kier alpha value is -3.74. The van der Waals surface area contributed by atoms with Crippen LogP contribution in [0.2, 0.25) is 5.02 Å². The number of hydrogen-bond acceptors (Lipinski definition) is 9. The van der Waals surface area contributed by atoms with Crippen LogP contribution in [-0.4, -0.2) is 56.7 Å². The van der Waals surface area contributed by atoms with E-state index >= 15 is 0 Å². The summed E-state index contributed by atoms with van der Waals surface area (Å²) in [6.07, 6.45) is 4.88. The molecule has 1 saturated heterocycles. The second kappa shape index (κ2) is 9.53. The summed E-state index contributed by atoms with van der Waals surface area (Å²) in [7, 11) is 0. The monoisotopic (exact) mass is 538 g/mol. The maximum absolute atomic E-state index is 13.2. The number of alkyl halides is 2. The summed E-state index contributed by atoms with van der Waals surface area (Å²) in [5, 5.41) is 33.8. The minimum atomic E-state index is -2.54. The molecule has 3 fully saturated rings. The number of aromatic nitrogens is 4. The predicted octanol–water partition coefficient (Wildman–Crippen LogP) is 4.20. The largest absolute Gasteiger partial charge is 0.370 e. The van der Waals surface area contributed by atoms with Gasteiger partial charge in [0.2, 0.25) is 5.95 Å². The van der Waals surface area contributed by atoms with Gasteiger partial charge < -0.3 is 20.9 Å². The molecule has 196 valence electrons. The van der Waals surface area contributed by atoms with E-state index in [-0.39, 0.29) is 36.6 Å². The molecule has 0 bridgehead atoms. The van der Waals surface area contributed by atoms with Gasteiger partial charge >= 0.3 is 0 Å². The first-order chi connectivity index (χ1) is 18.3. The lowest BCUT2D eigenvalue weighted by molar-refractivity contribution is -0.0951. The third kappa shape index (κ3) is 4.89. The van der Waals surface area contributed by atoms with E-state index in [1.54, 1.807) is 12.1 Å². The molecule has 3 aromatic rings. The zero-order valence-electron chi connectivity index (χ0n) is 20.4. The Bertz CT molecular complexity index is 1460. The Balaban J connectivity index is 1.23. The lowest BCUT2D eigenvalue weighted by Crippen LogP contribution is -2.54. The van der Waals surface area contributed by atoms with Crippen LogP contribution in [0.4, 0.5) is 31.9 Å². The van der Waals surface area contributed by atoms with Crippen LogP contribution < -0.4 is 20.9 Å². The Morgan fingerprint density at radius 1 is 1.03 bits per heavy atom. The van der Waals surface area contributed by atoms with E-state index in [9.17, 15) is 19.3 Å². The summed E-state index contributed by atoms with van der Waals surface area (Å²) < 4.78 is 27.8. The molecule has 1 aromatic carbocycles. The zero-order valence-corrected chi connectivity index (χ0v) is 21.1. The van der Waals surface area contributed by atoms with Gasteiger partial charge in [0.1, 0.15) is 6.07 Å². The van der Waals surface area contributed by atoms with Crippen LogP contribution >= 0.6 is 11.6 Å². The van der Waals surface area contributed by atoms with Crippen molar-refractivity contribution in [1.82, 2.24) is 24.9 Å². The summed E-state index contributed by atoms with van der Waals surface area (Å²) in [4.78, 5) is 11.0. The Morgan fingerprint density at radius 3 is 2.45 bits per heavy atom. The number of fused-ring (bicyclic) bond motifs is 1. The van der Waals surface area contributed by atoms with E-state index in [1.165, 1.54) is 10.7 Å². The summed E-state index contributed by atoms with van der Waals surface area (Å²) >= 11 is 6.84. The van der Waals surface area contributed by atoms with E-state index in [0.29, 0.717) is 52.6 Å². The van der Waals surface area contributed by atoms with Crippen molar-refractivity contribution in [2.75, 3.05) is 28.6 Å². The van der Waals surface area contributed by atoms with Crippen LogP contribution in [0.5, 0.6) is 0 Å². The van der Waals surface area contributed by atoms with Crippen molar-refractivity contribution >= 4 is 40.4 Å². The molecular weight excluding hydrogens is 514 g/mol. The molecule has 2 aliphatic carbocycles. The standard InChI is InChI=1S/C25H25ClF2N10/c26-21-19(34-24-35-22(33-15-1-2-15)23-31-13-18(12-30)38(23)36-24)7-14(11-29)8-20(21)37-5-3-16(4-6-37)32-17-9-25(27,28)10-17/h7-8,13,15-17,32H,1-6,9-10H2,(H2,33,34,35,36). The van der Waals surface area contributed by atoms with E-state index in [0.717, 1.165) is 25.7 Å². The molecule has 2 aromatic heterocycles. The molecule has 1 aliphatic heterocycles. The number of piperidine rings is 1. The van der Waals surface area contributed by atoms with Crippen LogP contribution in [0.1, 0.15) is 49.8 Å². The highest BCUT2D eigenvalue weighted by Gasteiger charge is 2.45. The highest BCUT2D eigenvalue weighted by atomic mass is 35.5. The van der Waals surface area contributed by atoms with Gasteiger partial charge in [-0.05, 0) is 37.8 Å². The van der Waals surface area contributed by atoms with E-state index in [2.05, 4.69) is 48.1 Å². The first-order valence-electron chi connectivity index (χ1n) is 12.6. The van der Waals surface area contributed by atoms with Gasteiger partial charge in [-0.15, -0.1) is 5.10 Å². The van der Waals surface area contributed by atoms with Crippen LogP contribution in [0.3, 0.4) is 0 Å². The van der Waals surface area contributed by atoms with Gasteiger partial charge in [0.25, 0.3) is 5.92 Å². The average Bonchev–Trinajstić information content (AvgIpc) is 3.60. The van der Waals surface area contributed by atoms with Crippen LogP contribution in [0.25, 0.3) is 5.65 Å². The molecule has 38 heavy (non-hydrogen) atoms. The molecule has 0 atom stereocenters. The van der Waals surface area contributed by atoms with Crippen molar-refractivity contribution in [3.63, 3.8) is 0 Å². The van der Waals surface area contributed by atoms with Gasteiger partial charge in [-0.1, -0.05) is 11.6 Å². The molecule has 3 N–H and O–H groups in total. The number of nitrogens with one attached hydrogen (secondary N) is 3. The number of benzene rings is 1. The predicted molar refractivity (Wildman–Crippen MR) is 138 cm³/mol. The van der Waals surface area contributed by atoms with Crippen molar-refractivity contribution in [1.29, 1.82) is 10.5 Å². The van der Waals surface area contributed by atoms with Crippen LogP contribution in [0, 0.1) is 22.7 Å². The summed E-state index contributed by atoms with van der Waals surface area (Å²) in [5.74, 6) is -1.82. The maximum atomic E-state index is 13.2. The molecule has 2 saturated carbocycles. The number of rotatable bonds is 7. The fraction of sp³-hybridized carbons (Fsp3) is 0.480. The van der Waals surface area contributed by atoms with Gasteiger partial charge in [0.15, 0.2) is 17.2 Å². The molecule has 0 amide bonds. The highest BCUT2D eigenvalue weighted by molar-refractivity contribution is 6.36. The molecule has 0 radical (unpaired) electrons. The topological polar surface area (TPSA) is 130 Å². The van der Waals surface area contributed by atoms with Crippen LogP contribution in [0.15, 0.2) is 18.3 Å². The zero-order chi connectivity index (χ0) is 26.4. The first kappa shape index (κ1) is 24.6. The molecular formula is C25H25ClF2N10. The minimum absolute atomic E-state index is 0.0982. The Labute approximate surface area is 222 Å². The van der Waals surface area contributed by atoms with Gasteiger partial charge in [0, 0.05) is 44.1 Å². The summed E-state index contributed by atoms with van der Waals surface area (Å²) in [5.41, 5.74) is 2.32. The van der Waals surface area contributed by atoms with Crippen LogP contribution in [-0.2, 0) is 0 Å². The van der Waals surface area contributed by atoms with Crippen molar-refractivity contribution in [3.05, 3.63) is 34.6 Å². The minimum Gasteiger partial charge on any atom is -0.370 e. The van der Waals surface area contributed by atoms with E-state index in [4.69, 9.17) is 11.6 Å². The van der Waals surface area contributed by atoms with Crippen molar-refractivity contribution in [3.8, 4) is 12.1 Å². The van der Waals surface area contributed by atoms with E-state index in [1.807, 2.05) is 0 Å². The van der Waals surface area contributed by atoms with Gasteiger partial charge in [-0.3, -0.25) is 0 Å². The SMILES string of the molecule is N#Cc1cc(Nc2nc(NC3CC3)c3ncc(C#N)n3n2)c(Cl)c(N2CCC(NC3CC(F)(F)C3)CC2)c1. The number of nitriles is 2. The third-order valence-corrected chi connectivity index (χ3v) is 7.62. The fourth-order valence-corrected chi connectivity index (χ4v) is 5.32. The smallest absolute Gasteiger partial charge is 0.251 e. The number of anilines is 4. The summed E-state index contributed by atoms with van der Waals surface area (Å²) in [6, 6.07) is 8.00. The number of halogens is 3. The molecule has 3 heterocycles. The number of hydrogen-bond donors (Lipinski definition) is 3. The second-order valence-electron chi connectivity index (χ2n) is 10.2. The van der Waals surface area contributed by atoms with Gasteiger partial charge in [-0.2, -0.15) is 20.0 Å². The number of imidazole rings is 1. The molecule has 3 aliphatic rings. The number of nitrogens with zero attached hydrogens (tertiary/aromatic N) is 7. The quantitative estimate of drug-likeness (QED) is 0.405. The molecule has 6 rings (SSSR count). The normalized spacial score (nSPS) is 19.6. The molecule has 13 heteroatoms. The molecule has 0 spiro atoms. The maximum Gasteiger partial charge on any atom is 0.251 e. The second-order valence-corrected chi connectivity index (χ2v) is 10.6. The lowest BCUT2D eigenvalue weighted by Gasteiger charge is -2.41. The summed E-state index contributed by atoms with van der Waals surface area (Å²) in [6.45, 7) is 1.35. The van der Waals surface area contributed by atoms with E-state index < -0.39 is 5.92 Å². The van der Waals surface area contributed by atoms with Gasteiger partial charge in [-0.25, -0.2) is 13.8 Å². The highest BCUT2D eigenvalue weighted by Crippen LogP contribution is 2.39. The van der Waals surface area contributed by atoms with Crippen molar-refractivity contribution < 1.29 is 8.78 Å². The molecule has 0 unspecified atom stereocenters. The average molecular weight is 539 g/mol. The molecule has 10 nitrogen and oxygen atoms in total.